The van der Waals surface area contributed by atoms with E-state index in [4.69, 9.17) is 5.73 Å². The molecule has 0 saturated heterocycles. The van der Waals surface area contributed by atoms with Crippen LogP contribution < -0.4 is 10.6 Å². The van der Waals surface area contributed by atoms with Crippen molar-refractivity contribution >= 4 is 21.6 Å². The molecule has 0 unspecified atom stereocenters. The van der Waals surface area contributed by atoms with E-state index in [1.54, 1.807) is 0 Å². The topological polar surface area (TPSA) is 106 Å². The molecule has 0 bridgehead atoms. The molecule has 0 spiro atoms. The van der Waals surface area contributed by atoms with Crippen LogP contribution in [0.15, 0.2) is 11.4 Å². The van der Waals surface area contributed by atoms with Gasteiger partial charge in [0.2, 0.25) is 15.0 Å². The summed E-state index contributed by atoms with van der Waals surface area (Å²) in [6, 6.07) is 0.260. The van der Waals surface area contributed by atoms with Gasteiger partial charge in [-0.1, -0.05) is 12.8 Å². The molecule has 1 saturated carbocycles. The third-order valence-corrected chi connectivity index (χ3v) is 4.58. The van der Waals surface area contributed by atoms with Crippen LogP contribution in [0, 0.1) is 0 Å². The number of nitrogens with zero attached hydrogens (tertiary/aromatic N) is 3. The average molecular weight is 312 g/mol. The van der Waals surface area contributed by atoms with Crippen molar-refractivity contribution in [1.82, 2.24) is 9.97 Å². The Bertz CT molecular complexity index is 639. The first kappa shape index (κ1) is 15.7. The minimum Gasteiger partial charge on any atom is -0.365 e. The van der Waals surface area contributed by atoms with Gasteiger partial charge in [-0.05, 0) is 19.8 Å². The van der Waals surface area contributed by atoms with Gasteiger partial charge in [-0.15, -0.1) is 0 Å². The molecule has 1 aliphatic carbocycles. The molecule has 2 N–H and O–H groups in total. The van der Waals surface area contributed by atoms with Gasteiger partial charge in [0.05, 0.1) is 0 Å². The number of nitrogens with two attached hydrogens (primary N) is 1. The summed E-state index contributed by atoms with van der Waals surface area (Å²) < 4.78 is 23.3. The fraction of sp³-hybridized carbons (Fsp3) is 0.615. The van der Waals surface area contributed by atoms with Crippen molar-refractivity contribution in [2.24, 2.45) is 5.73 Å². The molecule has 8 heteroatoms. The molecule has 1 aromatic rings. The number of hydrogen-bond donors (Lipinski definition) is 1. The molecule has 0 radical (unpaired) electrons. The maximum Gasteiger partial charge on any atom is 0.254 e. The van der Waals surface area contributed by atoms with E-state index in [1.807, 2.05) is 11.8 Å². The van der Waals surface area contributed by atoms with E-state index in [2.05, 4.69) is 9.97 Å². The standard InChI is InChI=1S/C13H20N4O3S/c1-3-17(9-6-4-5-7-9)12-10(11(14)18)8-15-13(16-12)21(2,19)20/h8-9H,3-7H2,1-2H3,(H2,14,18). The minimum absolute atomic E-state index is 0.163. The van der Waals surface area contributed by atoms with Crippen LogP contribution in [0.3, 0.4) is 0 Å². The number of hydrogen-bond acceptors (Lipinski definition) is 6. The quantitative estimate of drug-likeness (QED) is 0.804. The second kappa shape index (κ2) is 5.97. The average Bonchev–Trinajstić information content (AvgIpc) is 2.92. The molecule has 7 nitrogen and oxygen atoms in total. The van der Waals surface area contributed by atoms with E-state index in [-0.39, 0.29) is 16.8 Å². The largest absolute Gasteiger partial charge is 0.365 e. The highest BCUT2D eigenvalue weighted by Crippen LogP contribution is 2.29. The first-order valence-corrected chi connectivity index (χ1v) is 8.87. The molecule has 0 aliphatic heterocycles. The number of amides is 1. The van der Waals surface area contributed by atoms with E-state index in [1.165, 1.54) is 6.20 Å². The lowest BCUT2D eigenvalue weighted by Crippen LogP contribution is -2.36. The van der Waals surface area contributed by atoms with E-state index in [0.29, 0.717) is 12.4 Å². The summed E-state index contributed by atoms with van der Waals surface area (Å²) >= 11 is 0. The Morgan fingerprint density at radius 3 is 2.52 bits per heavy atom. The second-order valence-electron chi connectivity index (χ2n) is 5.25. The van der Waals surface area contributed by atoms with Crippen molar-refractivity contribution in [3.63, 3.8) is 0 Å². The molecule has 1 aromatic heterocycles. The Morgan fingerprint density at radius 2 is 2.05 bits per heavy atom. The smallest absolute Gasteiger partial charge is 0.254 e. The molecule has 1 amide bonds. The molecule has 1 heterocycles. The van der Waals surface area contributed by atoms with Crippen molar-refractivity contribution in [1.29, 1.82) is 0 Å². The van der Waals surface area contributed by atoms with Gasteiger partial charge in [0.1, 0.15) is 11.4 Å². The van der Waals surface area contributed by atoms with Crippen molar-refractivity contribution in [2.45, 2.75) is 43.8 Å². The van der Waals surface area contributed by atoms with Crippen molar-refractivity contribution < 1.29 is 13.2 Å². The van der Waals surface area contributed by atoms with Crippen LogP contribution in [0.25, 0.3) is 0 Å². The second-order valence-corrected chi connectivity index (χ2v) is 7.16. The predicted octanol–water partition coefficient (Wildman–Crippen LogP) is 0.748. The summed E-state index contributed by atoms with van der Waals surface area (Å²) in [5.41, 5.74) is 5.53. The van der Waals surface area contributed by atoms with Gasteiger partial charge >= 0.3 is 0 Å². The normalized spacial score (nSPS) is 16.1. The van der Waals surface area contributed by atoms with Crippen LogP contribution in [0.5, 0.6) is 0 Å². The van der Waals surface area contributed by atoms with Gasteiger partial charge in [0.25, 0.3) is 5.91 Å². The zero-order valence-electron chi connectivity index (χ0n) is 12.2. The Balaban J connectivity index is 2.53. The number of primary amides is 1. The lowest BCUT2D eigenvalue weighted by atomic mass is 10.2. The first-order chi connectivity index (χ1) is 9.84. The van der Waals surface area contributed by atoms with Crippen LogP contribution in [0.1, 0.15) is 43.0 Å². The fourth-order valence-electron chi connectivity index (χ4n) is 2.73. The molecule has 0 atom stereocenters. The van der Waals surface area contributed by atoms with E-state index in [0.717, 1.165) is 31.9 Å². The molecular formula is C13H20N4O3S. The summed E-state index contributed by atoms with van der Waals surface area (Å²) in [5.74, 6) is -0.325. The number of carbonyl (C=O) groups excluding carboxylic acids is 1. The number of sulfone groups is 1. The minimum atomic E-state index is -3.53. The number of carbonyl (C=O) groups is 1. The van der Waals surface area contributed by atoms with E-state index in [9.17, 15) is 13.2 Å². The maximum atomic E-state index is 11.6. The van der Waals surface area contributed by atoms with Gasteiger partial charge in [0.15, 0.2) is 0 Å². The predicted molar refractivity (Wildman–Crippen MR) is 78.9 cm³/mol. The summed E-state index contributed by atoms with van der Waals surface area (Å²) in [5, 5.41) is -0.279. The summed E-state index contributed by atoms with van der Waals surface area (Å²) in [4.78, 5) is 21.4. The zero-order valence-corrected chi connectivity index (χ0v) is 13.1. The van der Waals surface area contributed by atoms with Crippen LogP contribution >= 0.6 is 0 Å². The molecular weight excluding hydrogens is 292 g/mol. The van der Waals surface area contributed by atoms with Crippen LogP contribution in [-0.2, 0) is 9.84 Å². The lowest BCUT2D eigenvalue weighted by Gasteiger charge is -2.30. The Labute approximate surface area is 124 Å². The Morgan fingerprint density at radius 1 is 1.43 bits per heavy atom. The fourth-order valence-corrected chi connectivity index (χ4v) is 3.22. The molecule has 1 fully saturated rings. The monoisotopic (exact) mass is 312 g/mol. The van der Waals surface area contributed by atoms with E-state index >= 15 is 0 Å². The third-order valence-electron chi connectivity index (χ3n) is 3.72. The zero-order chi connectivity index (χ0) is 15.6. The molecule has 116 valence electrons. The molecule has 0 aromatic carbocycles. The van der Waals surface area contributed by atoms with Crippen LogP contribution in [0.4, 0.5) is 5.82 Å². The maximum absolute atomic E-state index is 11.6. The molecule has 2 rings (SSSR count). The third kappa shape index (κ3) is 3.31. The van der Waals surface area contributed by atoms with Gasteiger partial charge in [0, 0.05) is 25.0 Å². The lowest BCUT2D eigenvalue weighted by molar-refractivity contribution is 0.0999. The summed E-state index contributed by atoms with van der Waals surface area (Å²) in [6.45, 7) is 2.58. The van der Waals surface area contributed by atoms with Gasteiger partial charge in [-0.25, -0.2) is 18.4 Å². The Hall–Kier alpha value is -1.70. The van der Waals surface area contributed by atoms with Gasteiger partial charge in [-0.2, -0.15) is 0 Å². The van der Waals surface area contributed by atoms with Crippen molar-refractivity contribution in [2.75, 3.05) is 17.7 Å². The Kier molecular flexibility index (Phi) is 4.46. The van der Waals surface area contributed by atoms with Crippen molar-refractivity contribution in [3.8, 4) is 0 Å². The first-order valence-electron chi connectivity index (χ1n) is 6.98. The molecule has 21 heavy (non-hydrogen) atoms. The summed E-state index contributed by atoms with van der Waals surface area (Å²) in [6.07, 6.45) is 6.50. The van der Waals surface area contributed by atoms with Gasteiger partial charge < -0.3 is 10.6 Å². The highest BCUT2D eigenvalue weighted by molar-refractivity contribution is 7.90. The SMILES string of the molecule is CCN(c1nc(S(C)(=O)=O)ncc1C(N)=O)C1CCCC1. The summed E-state index contributed by atoms with van der Waals surface area (Å²) in [7, 11) is -3.53. The number of aromatic nitrogens is 2. The number of rotatable bonds is 5. The highest BCUT2D eigenvalue weighted by Gasteiger charge is 2.27. The van der Waals surface area contributed by atoms with E-state index < -0.39 is 15.7 Å². The molecule has 1 aliphatic rings. The number of anilines is 1. The van der Waals surface area contributed by atoms with Crippen molar-refractivity contribution in [3.05, 3.63) is 11.8 Å². The van der Waals surface area contributed by atoms with Crippen LogP contribution in [-0.4, -0.2) is 43.1 Å². The van der Waals surface area contributed by atoms with Gasteiger partial charge in [-0.3, -0.25) is 4.79 Å². The van der Waals surface area contributed by atoms with Crippen LogP contribution in [0.2, 0.25) is 0 Å². The highest BCUT2D eigenvalue weighted by atomic mass is 32.2.